The third-order valence-corrected chi connectivity index (χ3v) is 5.18. The minimum atomic E-state index is -0.175. The van der Waals surface area contributed by atoms with Crippen LogP contribution >= 0.6 is 11.9 Å². The molecule has 152 valence electrons. The fourth-order valence-corrected chi connectivity index (χ4v) is 3.23. The van der Waals surface area contributed by atoms with E-state index in [-0.39, 0.29) is 36.3 Å². The van der Waals surface area contributed by atoms with Crippen molar-refractivity contribution >= 4 is 29.4 Å². The number of primary amides is 1. The topological polar surface area (TPSA) is 104 Å². The summed E-state index contributed by atoms with van der Waals surface area (Å²) in [7, 11) is 0. The molecule has 2 rings (SSSR count). The zero-order chi connectivity index (χ0) is 20.3. The number of nitrogens with one attached hydrogen (secondary N) is 2. The van der Waals surface area contributed by atoms with Crippen molar-refractivity contribution < 1.29 is 14.7 Å². The molecule has 1 fully saturated rings. The summed E-state index contributed by atoms with van der Waals surface area (Å²) in [6, 6.07) is 7.58. The van der Waals surface area contributed by atoms with Gasteiger partial charge in [-0.3, -0.25) is 14.3 Å². The Morgan fingerprint density at radius 1 is 1.15 bits per heavy atom. The van der Waals surface area contributed by atoms with Crippen LogP contribution in [0, 0.1) is 5.92 Å². The number of amides is 2. The van der Waals surface area contributed by atoms with E-state index in [1.165, 1.54) is 19.3 Å². The standard InChI is InChI=1S/C13H20N2O2S.C7H13NO/c1-13(2,3)15-18-11-6-4-10(5-7-11)14-12(17)8-9-16;8-7(9)6-4-2-1-3-5-6/h4-7,15-16H,8-9H2,1-3H3,(H,14,17);6H,1-5H2,(H2,8,9). The van der Waals surface area contributed by atoms with Gasteiger partial charge in [-0.05, 0) is 69.8 Å². The van der Waals surface area contributed by atoms with E-state index in [9.17, 15) is 9.59 Å². The van der Waals surface area contributed by atoms with E-state index in [0.717, 1.165) is 23.4 Å². The van der Waals surface area contributed by atoms with Crippen molar-refractivity contribution in [2.75, 3.05) is 11.9 Å². The molecule has 27 heavy (non-hydrogen) atoms. The molecular formula is C20H33N3O3S. The molecule has 1 aliphatic carbocycles. The summed E-state index contributed by atoms with van der Waals surface area (Å²) in [5, 5.41) is 11.3. The molecule has 1 aromatic rings. The Morgan fingerprint density at radius 2 is 1.74 bits per heavy atom. The maximum absolute atomic E-state index is 11.3. The lowest BCUT2D eigenvalue weighted by Gasteiger charge is -2.19. The van der Waals surface area contributed by atoms with Gasteiger partial charge in [0.05, 0.1) is 13.0 Å². The predicted octanol–water partition coefficient (Wildman–Crippen LogP) is 3.45. The third kappa shape index (κ3) is 11.0. The molecule has 0 aliphatic heterocycles. The van der Waals surface area contributed by atoms with Gasteiger partial charge in [0.1, 0.15) is 0 Å². The van der Waals surface area contributed by atoms with Gasteiger partial charge in [0.15, 0.2) is 0 Å². The molecule has 0 atom stereocenters. The zero-order valence-electron chi connectivity index (χ0n) is 16.6. The van der Waals surface area contributed by atoms with Gasteiger partial charge in [-0.25, -0.2) is 0 Å². The normalized spacial score (nSPS) is 14.8. The number of carbonyl (C=O) groups is 2. The Bertz CT molecular complexity index is 579. The van der Waals surface area contributed by atoms with Crippen molar-refractivity contribution in [2.45, 2.75) is 69.7 Å². The Labute approximate surface area is 166 Å². The number of carbonyl (C=O) groups excluding carboxylic acids is 2. The highest BCUT2D eigenvalue weighted by atomic mass is 32.2. The number of nitrogens with two attached hydrogens (primary N) is 1. The zero-order valence-corrected chi connectivity index (χ0v) is 17.4. The van der Waals surface area contributed by atoms with Gasteiger partial charge in [-0.15, -0.1) is 0 Å². The highest BCUT2D eigenvalue weighted by Gasteiger charge is 2.17. The lowest BCUT2D eigenvalue weighted by molar-refractivity contribution is -0.122. The van der Waals surface area contributed by atoms with Crippen LogP contribution in [0.4, 0.5) is 5.69 Å². The van der Waals surface area contributed by atoms with E-state index in [1.807, 2.05) is 24.3 Å². The van der Waals surface area contributed by atoms with Crippen LogP contribution in [0.5, 0.6) is 0 Å². The first-order valence-corrected chi connectivity index (χ1v) is 10.3. The summed E-state index contributed by atoms with van der Waals surface area (Å²) in [6.45, 7) is 6.17. The molecule has 0 unspecified atom stereocenters. The second-order valence-corrected chi connectivity index (χ2v) is 8.62. The molecule has 0 heterocycles. The molecule has 0 spiro atoms. The minimum Gasteiger partial charge on any atom is -0.396 e. The van der Waals surface area contributed by atoms with Crippen LogP contribution in [0.15, 0.2) is 29.2 Å². The maximum atomic E-state index is 11.3. The van der Waals surface area contributed by atoms with Crippen molar-refractivity contribution in [1.82, 2.24) is 4.72 Å². The highest BCUT2D eigenvalue weighted by molar-refractivity contribution is 7.97. The Balaban J connectivity index is 0.000000337. The average Bonchev–Trinajstić information content (AvgIpc) is 2.62. The summed E-state index contributed by atoms with van der Waals surface area (Å²) in [4.78, 5) is 22.9. The van der Waals surface area contributed by atoms with Gasteiger partial charge < -0.3 is 16.2 Å². The fourth-order valence-electron chi connectivity index (χ4n) is 2.53. The molecule has 0 aromatic heterocycles. The number of aliphatic hydroxyl groups is 1. The second-order valence-electron chi connectivity index (χ2n) is 7.74. The van der Waals surface area contributed by atoms with Gasteiger partial charge in [0.25, 0.3) is 0 Å². The molecule has 5 N–H and O–H groups in total. The van der Waals surface area contributed by atoms with Crippen molar-refractivity contribution in [1.29, 1.82) is 0 Å². The number of anilines is 1. The van der Waals surface area contributed by atoms with E-state index in [4.69, 9.17) is 10.8 Å². The van der Waals surface area contributed by atoms with Crippen molar-refractivity contribution in [3.8, 4) is 0 Å². The van der Waals surface area contributed by atoms with Crippen LogP contribution < -0.4 is 15.8 Å². The monoisotopic (exact) mass is 395 g/mol. The molecule has 1 aromatic carbocycles. The van der Waals surface area contributed by atoms with Gasteiger partial charge in [0.2, 0.25) is 11.8 Å². The van der Waals surface area contributed by atoms with Crippen LogP contribution in [0.3, 0.4) is 0 Å². The molecule has 7 heteroatoms. The Morgan fingerprint density at radius 3 is 2.19 bits per heavy atom. The summed E-state index contributed by atoms with van der Waals surface area (Å²) in [5.74, 6) is -0.0841. The summed E-state index contributed by atoms with van der Waals surface area (Å²) in [6.07, 6.45) is 5.83. The van der Waals surface area contributed by atoms with Gasteiger partial charge in [0, 0.05) is 22.0 Å². The van der Waals surface area contributed by atoms with Gasteiger partial charge >= 0.3 is 0 Å². The summed E-state index contributed by atoms with van der Waals surface area (Å²) in [5.41, 5.74) is 5.93. The number of hydrogen-bond donors (Lipinski definition) is 4. The van der Waals surface area contributed by atoms with E-state index in [1.54, 1.807) is 11.9 Å². The summed E-state index contributed by atoms with van der Waals surface area (Å²) >= 11 is 1.56. The lowest BCUT2D eigenvalue weighted by Crippen LogP contribution is -2.29. The first-order valence-electron chi connectivity index (χ1n) is 9.45. The van der Waals surface area contributed by atoms with Crippen molar-refractivity contribution in [3.05, 3.63) is 24.3 Å². The van der Waals surface area contributed by atoms with E-state index >= 15 is 0 Å². The predicted molar refractivity (Wildman–Crippen MR) is 111 cm³/mol. The van der Waals surface area contributed by atoms with Crippen LogP contribution in [0.2, 0.25) is 0 Å². The molecule has 1 saturated carbocycles. The van der Waals surface area contributed by atoms with Crippen LogP contribution in [0.25, 0.3) is 0 Å². The first-order chi connectivity index (χ1) is 12.7. The summed E-state index contributed by atoms with van der Waals surface area (Å²) < 4.78 is 3.31. The Hall–Kier alpha value is -1.57. The fraction of sp³-hybridized carbons (Fsp3) is 0.600. The lowest BCUT2D eigenvalue weighted by atomic mass is 9.89. The molecule has 0 bridgehead atoms. The minimum absolute atomic E-state index is 0.0542. The second kappa shape index (κ2) is 12.0. The average molecular weight is 396 g/mol. The van der Waals surface area contributed by atoms with E-state index in [2.05, 4.69) is 30.8 Å². The third-order valence-electron chi connectivity index (χ3n) is 3.96. The molecular weight excluding hydrogens is 362 g/mol. The van der Waals surface area contributed by atoms with Crippen LogP contribution in [-0.4, -0.2) is 29.1 Å². The smallest absolute Gasteiger partial charge is 0.226 e. The van der Waals surface area contributed by atoms with Crippen LogP contribution in [-0.2, 0) is 9.59 Å². The number of aliphatic hydroxyl groups excluding tert-OH is 1. The first kappa shape index (κ1) is 23.5. The van der Waals surface area contributed by atoms with Crippen molar-refractivity contribution in [3.63, 3.8) is 0 Å². The van der Waals surface area contributed by atoms with Gasteiger partial charge in [-0.2, -0.15) is 0 Å². The molecule has 2 amide bonds. The SMILES string of the molecule is CC(C)(C)NSc1ccc(NC(=O)CCO)cc1.NC(=O)C1CCCCC1. The van der Waals surface area contributed by atoms with E-state index in [0.29, 0.717) is 0 Å². The quantitative estimate of drug-likeness (QED) is 0.552. The molecule has 1 aliphatic rings. The van der Waals surface area contributed by atoms with Gasteiger partial charge in [-0.1, -0.05) is 19.3 Å². The Kier molecular flexibility index (Phi) is 10.4. The van der Waals surface area contributed by atoms with Crippen LogP contribution in [0.1, 0.15) is 59.3 Å². The largest absolute Gasteiger partial charge is 0.396 e. The highest BCUT2D eigenvalue weighted by Crippen LogP contribution is 2.22. The molecule has 0 radical (unpaired) electrons. The molecule has 6 nitrogen and oxygen atoms in total. The molecule has 0 saturated heterocycles. The van der Waals surface area contributed by atoms with E-state index < -0.39 is 0 Å². The number of rotatable bonds is 6. The number of benzene rings is 1. The number of hydrogen-bond acceptors (Lipinski definition) is 5. The maximum Gasteiger partial charge on any atom is 0.226 e. The van der Waals surface area contributed by atoms with Crippen molar-refractivity contribution in [2.24, 2.45) is 11.7 Å².